The van der Waals surface area contributed by atoms with Gasteiger partial charge in [-0.25, -0.2) is 4.98 Å². The molecule has 0 spiro atoms. The van der Waals surface area contributed by atoms with Gasteiger partial charge in [-0.3, -0.25) is 0 Å². The molecule has 3 nitrogen and oxygen atoms in total. The minimum atomic E-state index is -0.672. The number of aromatic nitrogens is 1. The molecule has 2 heterocycles. The fraction of sp³-hybridized carbons (Fsp3) is 0.462. The van der Waals surface area contributed by atoms with E-state index in [-0.39, 0.29) is 16.2 Å². The fourth-order valence-electron chi connectivity index (χ4n) is 1.68. The van der Waals surface area contributed by atoms with Gasteiger partial charge in [0.15, 0.2) is 0 Å². The first-order valence-corrected chi connectivity index (χ1v) is 6.44. The standard InChI is InChI=1S/C13H16BClFNO2/c1-12(2)13(3,4)19-14(18-12)6-5-9-7-10(15)11(16)17-8-9/h5-8H,1-4H3/b6-5+. The summed E-state index contributed by atoms with van der Waals surface area (Å²) in [6.45, 7) is 7.93. The van der Waals surface area contributed by atoms with E-state index < -0.39 is 13.1 Å². The second-order valence-corrected chi connectivity index (χ2v) is 5.93. The van der Waals surface area contributed by atoms with Crippen molar-refractivity contribution in [3.63, 3.8) is 0 Å². The highest BCUT2D eigenvalue weighted by Gasteiger charge is 2.49. The summed E-state index contributed by atoms with van der Waals surface area (Å²) >= 11 is 5.67. The Morgan fingerprint density at radius 2 is 1.84 bits per heavy atom. The van der Waals surface area contributed by atoms with Crippen LogP contribution in [0.4, 0.5) is 4.39 Å². The van der Waals surface area contributed by atoms with Gasteiger partial charge in [-0.2, -0.15) is 4.39 Å². The van der Waals surface area contributed by atoms with Crippen LogP contribution in [0.1, 0.15) is 33.3 Å². The molecule has 6 heteroatoms. The monoisotopic (exact) mass is 283 g/mol. The first kappa shape index (κ1) is 14.5. The van der Waals surface area contributed by atoms with Crippen molar-refractivity contribution in [2.75, 3.05) is 0 Å². The molecular formula is C13H16BClFNO2. The summed E-state index contributed by atoms with van der Waals surface area (Å²) in [5.41, 5.74) is -0.0531. The molecule has 1 saturated heterocycles. The highest BCUT2D eigenvalue weighted by atomic mass is 35.5. The van der Waals surface area contributed by atoms with Crippen molar-refractivity contribution in [1.29, 1.82) is 0 Å². The van der Waals surface area contributed by atoms with E-state index in [1.54, 1.807) is 12.1 Å². The molecule has 1 fully saturated rings. The number of nitrogens with zero attached hydrogens (tertiary/aromatic N) is 1. The second-order valence-electron chi connectivity index (χ2n) is 5.53. The van der Waals surface area contributed by atoms with E-state index >= 15 is 0 Å². The van der Waals surface area contributed by atoms with Gasteiger partial charge in [0.2, 0.25) is 5.95 Å². The summed E-state index contributed by atoms with van der Waals surface area (Å²) < 4.78 is 24.5. The molecule has 1 aromatic heterocycles. The third kappa shape index (κ3) is 2.99. The molecule has 0 bridgehead atoms. The minimum Gasteiger partial charge on any atom is -0.400 e. The van der Waals surface area contributed by atoms with Crippen LogP contribution in [0, 0.1) is 5.95 Å². The second kappa shape index (κ2) is 4.89. The number of halogens is 2. The Labute approximate surface area is 117 Å². The first-order valence-electron chi connectivity index (χ1n) is 6.06. The van der Waals surface area contributed by atoms with Gasteiger partial charge in [0.1, 0.15) is 0 Å². The molecule has 0 radical (unpaired) electrons. The Hall–Kier alpha value is -0.905. The quantitative estimate of drug-likeness (QED) is 0.615. The van der Waals surface area contributed by atoms with Gasteiger partial charge in [0.25, 0.3) is 0 Å². The van der Waals surface area contributed by atoms with Gasteiger partial charge in [0.05, 0.1) is 16.2 Å². The van der Waals surface area contributed by atoms with E-state index in [2.05, 4.69) is 4.98 Å². The van der Waals surface area contributed by atoms with Crippen LogP contribution >= 0.6 is 11.6 Å². The molecule has 19 heavy (non-hydrogen) atoms. The normalized spacial score (nSPS) is 21.3. The highest BCUT2D eigenvalue weighted by molar-refractivity contribution is 6.52. The van der Waals surface area contributed by atoms with Crippen molar-refractivity contribution in [3.8, 4) is 0 Å². The lowest BCUT2D eigenvalue weighted by molar-refractivity contribution is 0.00578. The largest absolute Gasteiger partial charge is 0.487 e. The van der Waals surface area contributed by atoms with Gasteiger partial charge < -0.3 is 9.31 Å². The lowest BCUT2D eigenvalue weighted by Gasteiger charge is -2.32. The number of hydrogen-bond acceptors (Lipinski definition) is 3. The van der Waals surface area contributed by atoms with Crippen LogP contribution in [-0.2, 0) is 9.31 Å². The summed E-state index contributed by atoms with van der Waals surface area (Å²) in [4.78, 5) is 3.55. The zero-order valence-corrected chi connectivity index (χ0v) is 12.2. The highest BCUT2D eigenvalue weighted by Crippen LogP contribution is 2.37. The summed E-state index contributed by atoms with van der Waals surface area (Å²) in [5, 5.41) is -0.00364. The molecule has 0 amide bonds. The molecular weight excluding hydrogens is 267 g/mol. The molecule has 1 aliphatic heterocycles. The number of pyridine rings is 1. The minimum absolute atomic E-state index is 0.00364. The molecule has 1 aromatic rings. The number of rotatable bonds is 2. The Bertz CT molecular complexity index is 503. The van der Waals surface area contributed by atoms with Crippen molar-refractivity contribution in [3.05, 3.63) is 34.8 Å². The summed E-state index contributed by atoms with van der Waals surface area (Å²) in [5.74, 6) is 1.09. The smallest absolute Gasteiger partial charge is 0.400 e. The molecule has 2 rings (SSSR count). The van der Waals surface area contributed by atoms with Crippen molar-refractivity contribution in [1.82, 2.24) is 4.98 Å². The molecule has 1 aliphatic rings. The van der Waals surface area contributed by atoms with E-state index in [0.29, 0.717) is 5.56 Å². The zero-order valence-electron chi connectivity index (χ0n) is 11.4. The maximum Gasteiger partial charge on any atom is 0.487 e. The van der Waals surface area contributed by atoms with E-state index in [0.717, 1.165) is 0 Å². The van der Waals surface area contributed by atoms with Gasteiger partial charge in [0, 0.05) is 6.20 Å². The molecule has 0 N–H and O–H groups in total. The topological polar surface area (TPSA) is 31.4 Å². The predicted octanol–water partition coefficient (Wildman–Crippen LogP) is 3.52. The maximum atomic E-state index is 12.9. The van der Waals surface area contributed by atoms with Crippen LogP contribution in [0.25, 0.3) is 6.08 Å². The summed E-state index contributed by atoms with van der Waals surface area (Å²) in [6.07, 6.45) is 3.16. The van der Waals surface area contributed by atoms with Crippen molar-refractivity contribution in [2.45, 2.75) is 38.9 Å². The van der Waals surface area contributed by atoms with E-state index in [4.69, 9.17) is 20.9 Å². The van der Waals surface area contributed by atoms with Crippen molar-refractivity contribution in [2.24, 2.45) is 0 Å². The van der Waals surface area contributed by atoms with Gasteiger partial charge >= 0.3 is 7.12 Å². The maximum absolute atomic E-state index is 12.9. The van der Waals surface area contributed by atoms with E-state index in [1.165, 1.54) is 12.3 Å². The van der Waals surface area contributed by atoms with Crippen LogP contribution < -0.4 is 0 Å². The van der Waals surface area contributed by atoms with E-state index in [1.807, 2.05) is 27.7 Å². The molecule has 0 atom stereocenters. The van der Waals surface area contributed by atoms with Crippen molar-refractivity contribution >= 4 is 24.8 Å². The molecule has 0 unspecified atom stereocenters. The Morgan fingerprint density at radius 1 is 1.26 bits per heavy atom. The Morgan fingerprint density at radius 3 is 2.37 bits per heavy atom. The van der Waals surface area contributed by atoms with Gasteiger partial charge in [-0.1, -0.05) is 23.7 Å². The average molecular weight is 284 g/mol. The van der Waals surface area contributed by atoms with Crippen molar-refractivity contribution < 1.29 is 13.7 Å². The lowest BCUT2D eigenvalue weighted by atomic mass is 9.89. The van der Waals surface area contributed by atoms with E-state index in [9.17, 15) is 4.39 Å². The van der Waals surface area contributed by atoms with Crippen LogP contribution in [-0.4, -0.2) is 23.3 Å². The average Bonchev–Trinajstić information content (AvgIpc) is 2.49. The third-order valence-electron chi connectivity index (χ3n) is 3.53. The molecule has 102 valence electrons. The fourth-order valence-corrected chi connectivity index (χ4v) is 1.86. The third-order valence-corrected chi connectivity index (χ3v) is 3.80. The first-order chi connectivity index (χ1) is 8.71. The van der Waals surface area contributed by atoms with Gasteiger partial charge in [-0.15, -0.1) is 0 Å². The van der Waals surface area contributed by atoms with Crippen LogP contribution in [0.2, 0.25) is 5.02 Å². The summed E-state index contributed by atoms with van der Waals surface area (Å²) in [6, 6.07) is 1.51. The number of hydrogen-bond donors (Lipinski definition) is 0. The van der Waals surface area contributed by atoms with Crippen LogP contribution in [0.15, 0.2) is 18.2 Å². The summed E-state index contributed by atoms with van der Waals surface area (Å²) in [7, 11) is -0.436. The zero-order chi connectivity index (χ0) is 14.3. The van der Waals surface area contributed by atoms with Crippen LogP contribution in [0.5, 0.6) is 0 Å². The van der Waals surface area contributed by atoms with Gasteiger partial charge in [-0.05, 0) is 39.3 Å². The molecule has 0 aromatic carbocycles. The SMILES string of the molecule is CC1(C)OB(/C=C/c2cnc(F)c(Cl)c2)OC1(C)C. The Balaban J connectivity index is 2.10. The Kier molecular flexibility index (Phi) is 3.73. The van der Waals surface area contributed by atoms with Crippen LogP contribution in [0.3, 0.4) is 0 Å². The molecule has 0 aliphatic carbocycles. The lowest BCUT2D eigenvalue weighted by Crippen LogP contribution is -2.41. The molecule has 0 saturated carbocycles. The predicted molar refractivity (Wildman–Crippen MR) is 74.3 cm³/mol.